The molecule has 5 aromatic carbocycles. The van der Waals surface area contributed by atoms with E-state index < -0.39 is 0 Å². The predicted octanol–water partition coefficient (Wildman–Crippen LogP) is 11.2. The summed E-state index contributed by atoms with van der Waals surface area (Å²) in [6.45, 7) is 4.49. The molecule has 2 nitrogen and oxygen atoms in total. The van der Waals surface area contributed by atoms with Gasteiger partial charge in [0.1, 0.15) is 5.82 Å². The first kappa shape index (κ1) is 26.3. The van der Waals surface area contributed by atoms with Crippen molar-refractivity contribution >= 4 is 64.4 Å². The summed E-state index contributed by atoms with van der Waals surface area (Å²) in [4.78, 5) is 5.40. The Labute approximate surface area is 247 Å². The lowest BCUT2D eigenvalue weighted by Crippen LogP contribution is -1.99. The number of imidazole rings is 1. The van der Waals surface area contributed by atoms with Crippen LogP contribution in [-0.2, 0) is 12.8 Å². The molecule has 1 aromatic heterocycles. The van der Waals surface area contributed by atoms with E-state index in [4.69, 9.17) is 4.98 Å². The van der Waals surface area contributed by atoms with Crippen molar-refractivity contribution in [3.8, 4) is 17.1 Å². The number of rotatable bonds is 8. The van der Waals surface area contributed by atoms with E-state index in [9.17, 15) is 0 Å². The minimum atomic E-state index is 0.974. The van der Waals surface area contributed by atoms with E-state index in [0.717, 1.165) is 55.3 Å². The third-order valence-corrected chi connectivity index (χ3v) is 8.67. The van der Waals surface area contributed by atoms with Crippen LogP contribution in [0.25, 0.3) is 49.7 Å². The number of aryl methyl sites for hydroxylation is 2. The highest BCUT2D eigenvalue weighted by molar-refractivity contribution is 9.10. The Morgan fingerprint density at radius 2 is 1.15 bits per heavy atom. The quantitative estimate of drug-likeness (QED) is 0.151. The van der Waals surface area contributed by atoms with Crippen molar-refractivity contribution in [2.24, 2.45) is 0 Å². The molecule has 39 heavy (non-hydrogen) atoms. The van der Waals surface area contributed by atoms with Gasteiger partial charge in [-0.1, -0.05) is 107 Å². The number of fused-ring (bicyclic) bond motifs is 6. The zero-order valence-electron chi connectivity index (χ0n) is 22.5. The molecule has 0 atom stereocenters. The third kappa shape index (κ3) is 5.05. The van der Waals surface area contributed by atoms with E-state index >= 15 is 0 Å². The van der Waals surface area contributed by atoms with Crippen LogP contribution in [0.15, 0.2) is 93.9 Å². The van der Waals surface area contributed by atoms with Gasteiger partial charge < -0.3 is 0 Å². The highest BCUT2D eigenvalue weighted by atomic mass is 79.9. The third-order valence-electron chi connectivity index (χ3n) is 7.69. The molecule has 4 heteroatoms. The lowest BCUT2D eigenvalue weighted by Gasteiger charge is -2.14. The molecule has 0 bridgehead atoms. The number of halogens is 2. The molecular formula is C35H32Br2N2. The minimum absolute atomic E-state index is 0.974. The molecule has 0 N–H and O–H groups in total. The molecule has 196 valence electrons. The number of unbranched alkanes of at least 4 members (excludes halogenated alkanes) is 2. The molecule has 0 amide bonds. The Kier molecular flexibility index (Phi) is 7.59. The standard InChI is InChI=1S/C35H32Br2N2/c1-3-5-7-23-9-13-25(14-10-23)35-38-33-31-21-26(36)15-19-29(31)30-20-16-27(37)22-32(30)34(33)39(35)28-17-11-24(12-18-28)8-6-4-2/h9-22H,3-8H2,1-2H3. The van der Waals surface area contributed by atoms with Crippen molar-refractivity contribution in [2.75, 3.05) is 0 Å². The summed E-state index contributed by atoms with van der Waals surface area (Å²) < 4.78 is 4.50. The van der Waals surface area contributed by atoms with Gasteiger partial charge in [-0.2, -0.15) is 0 Å². The fraction of sp³-hybridized carbons (Fsp3) is 0.229. The van der Waals surface area contributed by atoms with Gasteiger partial charge in [0, 0.05) is 31.0 Å². The Bertz CT molecular complexity index is 1780. The SMILES string of the molecule is CCCCc1ccc(-c2nc3c4cc(Br)ccc4c4ccc(Br)cc4c3n2-c2ccc(CCCC)cc2)cc1. The lowest BCUT2D eigenvalue weighted by atomic mass is 10.00. The molecule has 0 unspecified atom stereocenters. The number of hydrogen-bond donors (Lipinski definition) is 0. The lowest BCUT2D eigenvalue weighted by molar-refractivity contribution is 0.795. The summed E-state index contributed by atoms with van der Waals surface area (Å²) >= 11 is 7.48. The van der Waals surface area contributed by atoms with Crippen molar-refractivity contribution in [1.29, 1.82) is 0 Å². The number of nitrogens with zero attached hydrogens (tertiary/aromatic N) is 2. The number of benzene rings is 5. The molecule has 0 fully saturated rings. The van der Waals surface area contributed by atoms with Crippen molar-refractivity contribution in [3.05, 3.63) is 105 Å². The highest BCUT2D eigenvalue weighted by Gasteiger charge is 2.20. The monoisotopic (exact) mass is 638 g/mol. The van der Waals surface area contributed by atoms with Crippen LogP contribution in [0, 0.1) is 0 Å². The molecule has 6 rings (SSSR count). The zero-order chi connectivity index (χ0) is 26.9. The van der Waals surface area contributed by atoms with Gasteiger partial charge >= 0.3 is 0 Å². The summed E-state index contributed by atoms with van der Waals surface area (Å²) in [7, 11) is 0. The smallest absolute Gasteiger partial charge is 0.145 e. The van der Waals surface area contributed by atoms with Crippen LogP contribution in [0.4, 0.5) is 0 Å². The van der Waals surface area contributed by atoms with Gasteiger partial charge in [0.2, 0.25) is 0 Å². The Balaban J connectivity index is 1.67. The van der Waals surface area contributed by atoms with Crippen LogP contribution in [0.1, 0.15) is 50.7 Å². The second kappa shape index (κ2) is 11.3. The first-order chi connectivity index (χ1) is 19.1. The molecule has 0 spiro atoms. The van der Waals surface area contributed by atoms with Gasteiger partial charge in [0.25, 0.3) is 0 Å². The van der Waals surface area contributed by atoms with Crippen molar-refractivity contribution in [3.63, 3.8) is 0 Å². The molecule has 0 aliphatic carbocycles. The van der Waals surface area contributed by atoms with Gasteiger partial charge in [0.05, 0.1) is 11.0 Å². The van der Waals surface area contributed by atoms with Gasteiger partial charge in [-0.05, 0) is 84.0 Å². The maximum Gasteiger partial charge on any atom is 0.145 e. The highest BCUT2D eigenvalue weighted by Crippen LogP contribution is 2.41. The van der Waals surface area contributed by atoms with Gasteiger partial charge in [-0.25, -0.2) is 4.98 Å². The molecule has 0 aliphatic rings. The van der Waals surface area contributed by atoms with Crippen LogP contribution in [0.2, 0.25) is 0 Å². The average Bonchev–Trinajstić information content (AvgIpc) is 3.37. The summed E-state index contributed by atoms with van der Waals surface area (Å²) in [5.41, 5.74) is 7.20. The maximum absolute atomic E-state index is 5.40. The Hall–Kier alpha value is -2.95. The number of aromatic nitrogens is 2. The van der Waals surface area contributed by atoms with Crippen molar-refractivity contribution in [2.45, 2.75) is 52.4 Å². The molecule has 0 saturated carbocycles. The molecule has 6 aromatic rings. The summed E-state index contributed by atoms with van der Waals surface area (Å²) in [6.07, 6.45) is 7.06. The summed E-state index contributed by atoms with van der Waals surface area (Å²) in [5, 5.41) is 4.81. The number of hydrogen-bond acceptors (Lipinski definition) is 1. The minimum Gasteiger partial charge on any atom is -0.292 e. The van der Waals surface area contributed by atoms with Gasteiger partial charge in [-0.15, -0.1) is 0 Å². The van der Waals surface area contributed by atoms with E-state index in [1.807, 2.05) is 0 Å². The molecule has 0 aliphatic heterocycles. The summed E-state index contributed by atoms with van der Waals surface area (Å²) in [6, 6.07) is 31.3. The summed E-state index contributed by atoms with van der Waals surface area (Å²) in [5.74, 6) is 0.974. The van der Waals surface area contributed by atoms with Crippen LogP contribution in [0.3, 0.4) is 0 Å². The van der Waals surface area contributed by atoms with E-state index in [1.54, 1.807) is 0 Å². The predicted molar refractivity (Wildman–Crippen MR) is 174 cm³/mol. The van der Waals surface area contributed by atoms with E-state index in [1.165, 1.54) is 53.0 Å². The van der Waals surface area contributed by atoms with Gasteiger partial charge in [0.15, 0.2) is 0 Å². The van der Waals surface area contributed by atoms with E-state index in [0.29, 0.717) is 0 Å². The molecule has 0 radical (unpaired) electrons. The normalized spacial score (nSPS) is 11.7. The van der Waals surface area contributed by atoms with Crippen LogP contribution < -0.4 is 0 Å². The van der Waals surface area contributed by atoms with Crippen LogP contribution >= 0.6 is 31.9 Å². The largest absolute Gasteiger partial charge is 0.292 e. The Morgan fingerprint density at radius 3 is 1.74 bits per heavy atom. The molecule has 1 heterocycles. The molecular weight excluding hydrogens is 608 g/mol. The Morgan fingerprint density at radius 1 is 0.615 bits per heavy atom. The van der Waals surface area contributed by atoms with Crippen LogP contribution in [-0.4, -0.2) is 9.55 Å². The fourth-order valence-corrected chi connectivity index (χ4v) is 6.31. The second-order valence-electron chi connectivity index (χ2n) is 10.4. The first-order valence-electron chi connectivity index (χ1n) is 14.0. The maximum atomic E-state index is 5.40. The van der Waals surface area contributed by atoms with Gasteiger partial charge in [-0.3, -0.25) is 4.57 Å². The van der Waals surface area contributed by atoms with Crippen LogP contribution in [0.5, 0.6) is 0 Å². The first-order valence-corrected chi connectivity index (χ1v) is 15.6. The topological polar surface area (TPSA) is 17.8 Å². The fourth-order valence-electron chi connectivity index (χ4n) is 5.59. The zero-order valence-corrected chi connectivity index (χ0v) is 25.6. The second-order valence-corrected chi connectivity index (χ2v) is 12.2. The van der Waals surface area contributed by atoms with E-state index in [-0.39, 0.29) is 0 Å². The average molecular weight is 640 g/mol. The van der Waals surface area contributed by atoms with Crippen molar-refractivity contribution in [1.82, 2.24) is 9.55 Å². The van der Waals surface area contributed by atoms with E-state index in [2.05, 4.69) is 135 Å². The van der Waals surface area contributed by atoms with Crippen molar-refractivity contribution < 1.29 is 0 Å². The molecule has 0 saturated heterocycles.